The van der Waals surface area contributed by atoms with Gasteiger partial charge in [0.2, 0.25) is 0 Å². The van der Waals surface area contributed by atoms with Gasteiger partial charge in [-0.2, -0.15) is 0 Å². The molecule has 108 valence electrons. The number of aliphatic carboxylic acids is 1. The van der Waals surface area contributed by atoms with Crippen LogP contribution < -0.4 is 4.90 Å². The molecular weight excluding hydrogens is 291 g/mol. The average Bonchev–Trinajstić information content (AvgIpc) is 2.41. The van der Waals surface area contributed by atoms with E-state index in [4.69, 9.17) is 16.7 Å². The number of piperidine rings is 1. The van der Waals surface area contributed by atoms with E-state index >= 15 is 0 Å². The van der Waals surface area contributed by atoms with Crippen molar-refractivity contribution in [3.8, 4) is 0 Å². The highest BCUT2D eigenvalue weighted by atomic mass is 35.5. The van der Waals surface area contributed by atoms with E-state index in [0.29, 0.717) is 19.4 Å². The van der Waals surface area contributed by atoms with Crippen LogP contribution in [0, 0.1) is 21.8 Å². The summed E-state index contributed by atoms with van der Waals surface area (Å²) in [6.07, 6.45) is 1.12. The zero-order valence-corrected chi connectivity index (χ0v) is 11.1. The van der Waals surface area contributed by atoms with Gasteiger partial charge in [0.25, 0.3) is 5.69 Å². The first-order valence-electron chi connectivity index (χ1n) is 6.01. The molecule has 1 aromatic carbocycles. The molecule has 1 aromatic rings. The van der Waals surface area contributed by atoms with E-state index in [1.165, 1.54) is 6.07 Å². The summed E-state index contributed by atoms with van der Waals surface area (Å²) >= 11 is 5.67. The Morgan fingerprint density at radius 1 is 1.55 bits per heavy atom. The van der Waals surface area contributed by atoms with Crippen molar-refractivity contribution in [1.29, 1.82) is 0 Å². The Balaban J connectivity index is 2.38. The Kier molecular flexibility index (Phi) is 4.08. The summed E-state index contributed by atoms with van der Waals surface area (Å²) in [6.45, 7) is 0.630. The smallest absolute Gasteiger partial charge is 0.308 e. The first kappa shape index (κ1) is 14.5. The molecule has 1 fully saturated rings. The second kappa shape index (κ2) is 5.62. The molecular formula is C12H12ClFN2O4. The van der Waals surface area contributed by atoms with Crippen LogP contribution >= 0.6 is 11.6 Å². The van der Waals surface area contributed by atoms with Crippen molar-refractivity contribution in [2.24, 2.45) is 5.92 Å². The largest absolute Gasteiger partial charge is 0.481 e. The maximum atomic E-state index is 13.3. The van der Waals surface area contributed by atoms with Crippen LogP contribution in [0.1, 0.15) is 12.8 Å². The molecule has 0 aliphatic carbocycles. The van der Waals surface area contributed by atoms with Gasteiger partial charge in [-0.3, -0.25) is 14.9 Å². The lowest BCUT2D eigenvalue weighted by molar-refractivity contribution is -0.384. The van der Waals surface area contributed by atoms with Crippen molar-refractivity contribution < 1.29 is 19.2 Å². The van der Waals surface area contributed by atoms with Crippen LogP contribution in [-0.4, -0.2) is 29.1 Å². The molecule has 1 aliphatic heterocycles. The van der Waals surface area contributed by atoms with E-state index in [0.717, 1.165) is 6.07 Å². The van der Waals surface area contributed by atoms with Crippen molar-refractivity contribution in [3.05, 3.63) is 33.1 Å². The molecule has 0 aromatic heterocycles. The summed E-state index contributed by atoms with van der Waals surface area (Å²) in [6, 6.07) is 1.95. The van der Waals surface area contributed by atoms with Gasteiger partial charge in [-0.1, -0.05) is 11.6 Å². The first-order chi connectivity index (χ1) is 9.40. The fraction of sp³-hybridized carbons (Fsp3) is 0.417. The van der Waals surface area contributed by atoms with Crippen LogP contribution in [0.25, 0.3) is 0 Å². The molecule has 1 aliphatic rings. The Labute approximate surface area is 118 Å². The van der Waals surface area contributed by atoms with Gasteiger partial charge in [-0.15, -0.1) is 0 Å². The van der Waals surface area contributed by atoms with E-state index in [9.17, 15) is 19.3 Å². The number of nitrogens with zero attached hydrogens (tertiary/aromatic N) is 2. The highest BCUT2D eigenvalue weighted by Crippen LogP contribution is 2.35. The SMILES string of the molecule is O=C(O)C1CCCN(c2cc(Cl)c(F)cc2[N+](=O)[O-])C1. The van der Waals surface area contributed by atoms with Gasteiger partial charge in [0.05, 0.1) is 21.9 Å². The van der Waals surface area contributed by atoms with Crippen LogP contribution in [0.4, 0.5) is 15.8 Å². The van der Waals surface area contributed by atoms with Gasteiger partial charge in [-0.05, 0) is 18.9 Å². The van der Waals surface area contributed by atoms with Gasteiger partial charge in [0.1, 0.15) is 11.5 Å². The number of carboxylic acids is 1. The minimum absolute atomic E-state index is 0.151. The quantitative estimate of drug-likeness (QED) is 0.685. The molecule has 1 atom stereocenters. The molecule has 6 nitrogen and oxygen atoms in total. The predicted octanol–water partition coefficient (Wildman–Crippen LogP) is 2.69. The molecule has 1 heterocycles. The fourth-order valence-corrected chi connectivity index (χ4v) is 2.48. The number of halogens is 2. The monoisotopic (exact) mass is 302 g/mol. The second-order valence-electron chi connectivity index (χ2n) is 4.64. The van der Waals surface area contributed by atoms with Crippen molar-refractivity contribution in [3.63, 3.8) is 0 Å². The Bertz CT molecular complexity index is 567. The third kappa shape index (κ3) is 2.82. The number of carbonyl (C=O) groups is 1. The van der Waals surface area contributed by atoms with Crippen LogP contribution in [0.15, 0.2) is 12.1 Å². The number of anilines is 1. The van der Waals surface area contributed by atoms with Crippen LogP contribution in [0.2, 0.25) is 5.02 Å². The van der Waals surface area contributed by atoms with Crippen LogP contribution in [0.5, 0.6) is 0 Å². The predicted molar refractivity (Wildman–Crippen MR) is 70.6 cm³/mol. The Morgan fingerprint density at radius 3 is 2.85 bits per heavy atom. The molecule has 0 spiro atoms. The first-order valence-corrected chi connectivity index (χ1v) is 6.39. The van der Waals surface area contributed by atoms with Crippen molar-refractivity contribution >= 4 is 28.9 Å². The minimum Gasteiger partial charge on any atom is -0.481 e. The molecule has 1 unspecified atom stereocenters. The summed E-state index contributed by atoms with van der Waals surface area (Å²) in [7, 11) is 0. The molecule has 1 N–H and O–H groups in total. The molecule has 20 heavy (non-hydrogen) atoms. The van der Waals surface area contributed by atoms with Gasteiger partial charge in [-0.25, -0.2) is 4.39 Å². The van der Waals surface area contributed by atoms with E-state index in [1.807, 2.05) is 0 Å². The number of hydrogen-bond acceptors (Lipinski definition) is 4. The summed E-state index contributed by atoms with van der Waals surface area (Å²) in [5.74, 6) is -2.40. The lowest BCUT2D eigenvalue weighted by Gasteiger charge is -2.32. The normalized spacial score (nSPS) is 18.9. The maximum Gasteiger partial charge on any atom is 0.308 e. The average molecular weight is 303 g/mol. The number of hydrogen-bond donors (Lipinski definition) is 1. The highest BCUT2D eigenvalue weighted by Gasteiger charge is 2.30. The second-order valence-corrected chi connectivity index (χ2v) is 5.04. The summed E-state index contributed by atoms with van der Waals surface area (Å²) < 4.78 is 13.3. The van der Waals surface area contributed by atoms with Gasteiger partial charge in [0, 0.05) is 13.1 Å². The number of nitro groups is 1. The van der Waals surface area contributed by atoms with Gasteiger partial charge < -0.3 is 10.0 Å². The molecule has 0 amide bonds. The minimum atomic E-state index is -0.939. The summed E-state index contributed by atoms with van der Waals surface area (Å²) in [4.78, 5) is 22.9. The van der Waals surface area contributed by atoms with Crippen LogP contribution in [0.3, 0.4) is 0 Å². The summed E-state index contributed by atoms with van der Waals surface area (Å²) in [5, 5.41) is 19.8. The zero-order valence-electron chi connectivity index (χ0n) is 10.4. The van der Waals surface area contributed by atoms with E-state index in [-0.39, 0.29) is 17.3 Å². The highest BCUT2D eigenvalue weighted by molar-refractivity contribution is 6.31. The molecule has 0 radical (unpaired) electrons. The van der Waals surface area contributed by atoms with Crippen molar-refractivity contribution in [1.82, 2.24) is 0 Å². The van der Waals surface area contributed by atoms with Crippen LogP contribution in [-0.2, 0) is 4.79 Å². The molecule has 0 bridgehead atoms. The molecule has 8 heteroatoms. The van der Waals surface area contributed by atoms with Gasteiger partial charge >= 0.3 is 5.97 Å². The van der Waals surface area contributed by atoms with E-state index < -0.39 is 28.3 Å². The molecule has 1 saturated heterocycles. The topological polar surface area (TPSA) is 83.7 Å². The van der Waals surface area contributed by atoms with Gasteiger partial charge in [0.15, 0.2) is 0 Å². The van der Waals surface area contributed by atoms with Crippen molar-refractivity contribution in [2.75, 3.05) is 18.0 Å². The standard InChI is InChI=1S/C12H12ClFN2O4/c13-8-4-10(11(16(19)20)5-9(8)14)15-3-1-2-7(6-15)12(17)18/h4-5,7H,1-3,6H2,(H,17,18). The fourth-order valence-electron chi connectivity index (χ4n) is 2.32. The number of rotatable bonds is 3. The summed E-state index contributed by atoms with van der Waals surface area (Å²) in [5.41, 5.74) is -0.245. The van der Waals surface area contributed by atoms with Crippen molar-refractivity contribution in [2.45, 2.75) is 12.8 Å². The Morgan fingerprint density at radius 2 is 2.25 bits per heavy atom. The third-order valence-corrected chi connectivity index (χ3v) is 3.62. The van der Waals surface area contributed by atoms with E-state index in [1.54, 1.807) is 4.90 Å². The number of benzene rings is 1. The number of nitro benzene ring substituents is 1. The van der Waals surface area contributed by atoms with E-state index in [2.05, 4.69) is 0 Å². The number of carboxylic acid groups (broad SMARTS) is 1. The lowest BCUT2D eigenvalue weighted by atomic mass is 9.97. The molecule has 0 saturated carbocycles. The Hall–Kier alpha value is -1.89. The zero-order chi connectivity index (χ0) is 14.9. The maximum absolute atomic E-state index is 13.3. The third-order valence-electron chi connectivity index (χ3n) is 3.33. The molecule has 2 rings (SSSR count). The lowest BCUT2D eigenvalue weighted by Crippen LogP contribution is -2.39.